The average molecular weight is 326 g/mol. The molecule has 7 heteroatoms. The molecular weight excluding hydrogens is 304 g/mol. The van der Waals surface area contributed by atoms with Crippen molar-refractivity contribution in [2.75, 3.05) is 20.2 Å². The van der Waals surface area contributed by atoms with Crippen LogP contribution in [0.2, 0.25) is 0 Å². The predicted molar refractivity (Wildman–Crippen MR) is 89.7 cm³/mol. The number of rotatable bonds is 4. The first-order valence-corrected chi connectivity index (χ1v) is 8.18. The maximum absolute atomic E-state index is 5.70. The Labute approximate surface area is 140 Å². The fraction of sp³-hybridized carbons (Fsp3) is 0.471. The lowest BCUT2D eigenvalue weighted by atomic mass is 10.0. The highest BCUT2D eigenvalue weighted by molar-refractivity contribution is 5.41. The minimum absolute atomic E-state index is 0.141. The highest BCUT2D eigenvalue weighted by Crippen LogP contribution is 2.29. The molecule has 1 saturated heterocycles. The lowest BCUT2D eigenvalue weighted by Crippen LogP contribution is -2.23. The van der Waals surface area contributed by atoms with Crippen molar-refractivity contribution in [1.29, 1.82) is 0 Å². The molecule has 7 nitrogen and oxygen atoms in total. The molecule has 0 N–H and O–H groups in total. The molecule has 0 radical (unpaired) electrons. The van der Waals surface area contributed by atoms with Crippen molar-refractivity contribution in [3.63, 3.8) is 0 Å². The number of likely N-dealkylation sites (tertiary alicyclic amines) is 1. The number of aromatic nitrogens is 5. The molecule has 1 aliphatic heterocycles. The van der Waals surface area contributed by atoms with Gasteiger partial charge in [-0.25, -0.2) is 4.98 Å². The first kappa shape index (κ1) is 15.3. The van der Waals surface area contributed by atoms with Crippen molar-refractivity contribution in [3.05, 3.63) is 47.7 Å². The fourth-order valence-electron chi connectivity index (χ4n) is 3.52. The molecule has 0 saturated carbocycles. The summed E-state index contributed by atoms with van der Waals surface area (Å²) in [6, 6.07) is 4.15. The van der Waals surface area contributed by atoms with E-state index in [9.17, 15) is 0 Å². The van der Waals surface area contributed by atoms with E-state index in [1.54, 1.807) is 11.8 Å². The lowest BCUT2D eigenvalue weighted by Gasteiger charge is -2.15. The maximum Gasteiger partial charge on any atom is 0.136 e. The van der Waals surface area contributed by atoms with Crippen LogP contribution in [0, 0.1) is 6.92 Å². The Balaban J connectivity index is 1.55. The third-order valence-corrected chi connectivity index (χ3v) is 4.76. The zero-order chi connectivity index (χ0) is 16.7. The second-order valence-electron chi connectivity index (χ2n) is 6.58. The molecule has 3 aromatic heterocycles. The number of ether oxygens (including phenoxy) is 1. The Kier molecular flexibility index (Phi) is 3.82. The smallest absolute Gasteiger partial charge is 0.136 e. The van der Waals surface area contributed by atoms with E-state index < -0.39 is 0 Å². The number of hydrogen-bond donors (Lipinski definition) is 0. The zero-order valence-electron chi connectivity index (χ0n) is 14.3. The van der Waals surface area contributed by atoms with Gasteiger partial charge in [-0.05, 0) is 18.6 Å². The Morgan fingerprint density at radius 2 is 2.12 bits per heavy atom. The van der Waals surface area contributed by atoms with Crippen LogP contribution in [0.4, 0.5) is 0 Å². The number of fused-ring (bicyclic) bond motifs is 1. The van der Waals surface area contributed by atoms with Crippen LogP contribution in [0.5, 0.6) is 0 Å². The molecule has 1 aliphatic rings. The maximum atomic E-state index is 5.70. The summed E-state index contributed by atoms with van der Waals surface area (Å²) >= 11 is 0. The van der Waals surface area contributed by atoms with Crippen molar-refractivity contribution in [3.8, 4) is 0 Å². The third-order valence-electron chi connectivity index (χ3n) is 4.76. The molecule has 0 bridgehead atoms. The van der Waals surface area contributed by atoms with E-state index in [0.717, 1.165) is 31.0 Å². The molecule has 0 amide bonds. The minimum atomic E-state index is 0.141. The largest absolute Gasteiger partial charge is 0.379 e. The first-order valence-electron chi connectivity index (χ1n) is 8.18. The third kappa shape index (κ3) is 2.70. The molecule has 24 heavy (non-hydrogen) atoms. The van der Waals surface area contributed by atoms with Crippen LogP contribution >= 0.6 is 0 Å². The molecule has 0 aromatic carbocycles. The summed E-state index contributed by atoms with van der Waals surface area (Å²) in [5.41, 5.74) is 4.42. The van der Waals surface area contributed by atoms with Gasteiger partial charge in [-0.2, -0.15) is 0 Å². The first-order chi connectivity index (χ1) is 11.6. The Hall–Kier alpha value is -2.25. The summed E-state index contributed by atoms with van der Waals surface area (Å²) in [4.78, 5) is 6.90. The van der Waals surface area contributed by atoms with Crippen LogP contribution in [0.3, 0.4) is 0 Å². The number of aryl methyl sites for hydroxylation is 2. The molecule has 0 aliphatic carbocycles. The van der Waals surface area contributed by atoms with Gasteiger partial charge in [0.2, 0.25) is 0 Å². The molecule has 0 spiro atoms. The van der Waals surface area contributed by atoms with Crippen molar-refractivity contribution >= 4 is 5.65 Å². The van der Waals surface area contributed by atoms with Crippen LogP contribution < -0.4 is 0 Å². The molecule has 2 atom stereocenters. The quantitative estimate of drug-likeness (QED) is 0.725. The standard InChI is InChI=1S/C17H22N6O/c1-12-4-5-17-18-6-13(23(17)7-12)8-22-9-14(16(11-22)24-3)15-10-21(2)20-19-15/h4-7,10,14,16H,8-9,11H2,1-3H3/t14-,16+/m0/s1. The zero-order valence-corrected chi connectivity index (χ0v) is 14.3. The van der Waals surface area contributed by atoms with Gasteiger partial charge < -0.3 is 9.14 Å². The van der Waals surface area contributed by atoms with Crippen LogP contribution in [-0.2, 0) is 18.3 Å². The van der Waals surface area contributed by atoms with Gasteiger partial charge in [0.25, 0.3) is 0 Å². The number of imidazole rings is 1. The SMILES string of the molecule is CO[C@@H]1CN(Cc2cnc3ccc(C)cn23)C[C@H]1c1cn(C)nn1. The van der Waals surface area contributed by atoms with Gasteiger partial charge >= 0.3 is 0 Å². The Morgan fingerprint density at radius 1 is 1.25 bits per heavy atom. The number of nitrogens with zero attached hydrogens (tertiary/aromatic N) is 6. The molecule has 4 heterocycles. The summed E-state index contributed by atoms with van der Waals surface area (Å²) in [6.45, 7) is 4.75. The van der Waals surface area contributed by atoms with Gasteiger partial charge in [-0.1, -0.05) is 11.3 Å². The van der Waals surface area contributed by atoms with E-state index in [4.69, 9.17) is 4.74 Å². The van der Waals surface area contributed by atoms with E-state index in [-0.39, 0.29) is 12.0 Å². The molecule has 4 rings (SSSR count). The van der Waals surface area contributed by atoms with E-state index >= 15 is 0 Å². The highest BCUT2D eigenvalue weighted by Gasteiger charge is 2.35. The minimum Gasteiger partial charge on any atom is -0.379 e. The molecule has 1 fully saturated rings. The Bertz CT molecular complexity index is 854. The Morgan fingerprint density at radius 3 is 2.88 bits per heavy atom. The lowest BCUT2D eigenvalue weighted by molar-refractivity contribution is 0.0956. The average Bonchev–Trinajstić information content (AvgIpc) is 3.26. The van der Waals surface area contributed by atoms with Crippen molar-refractivity contribution in [2.24, 2.45) is 7.05 Å². The van der Waals surface area contributed by atoms with Crippen molar-refractivity contribution in [1.82, 2.24) is 29.3 Å². The van der Waals surface area contributed by atoms with Gasteiger partial charge in [0.05, 0.1) is 23.7 Å². The number of pyridine rings is 1. The summed E-state index contributed by atoms with van der Waals surface area (Å²) in [5.74, 6) is 0.254. The van der Waals surface area contributed by atoms with E-state index in [1.807, 2.05) is 19.4 Å². The summed E-state index contributed by atoms with van der Waals surface area (Å²) < 4.78 is 9.62. The fourth-order valence-corrected chi connectivity index (χ4v) is 3.52. The van der Waals surface area contributed by atoms with Gasteiger partial charge in [0.1, 0.15) is 5.65 Å². The molecule has 3 aromatic rings. The number of hydrogen-bond acceptors (Lipinski definition) is 5. The molecule has 0 unspecified atom stereocenters. The van der Waals surface area contributed by atoms with Crippen LogP contribution in [0.1, 0.15) is 22.9 Å². The monoisotopic (exact) mass is 326 g/mol. The summed E-state index contributed by atoms with van der Waals surface area (Å²) in [6.07, 6.45) is 6.23. The summed E-state index contributed by atoms with van der Waals surface area (Å²) in [7, 11) is 3.67. The predicted octanol–water partition coefficient (Wildman–Crippen LogP) is 1.39. The van der Waals surface area contributed by atoms with Crippen molar-refractivity contribution in [2.45, 2.75) is 25.5 Å². The number of methoxy groups -OCH3 is 1. The van der Waals surface area contributed by atoms with Crippen molar-refractivity contribution < 1.29 is 4.74 Å². The second-order valence-corrected chi connectivity index (χ2v) is 6.58. The topological polar surface area (TPSA) is 60.5 Å². The van der Waals surface area contributed by atoms with E-state index in [1.165, 1.54) is 11.3 Å². The van der Waals surface area contributed by atoms with Gasteiger partial charge in [0.15, 0.2) is 0 Å². The van der Waals surface area contributed by atoms with E-state index in [2.05, 4.69) is 49.8 Å². The molecule has 126 valence electrons. The van der Waals surface area contributed by atoms with Crippen LogP contribution in [-0.4, -0.2) is 55.6 Å². The second kappa shape index (κ2) is 5.99. The van der Waals surface area contributed by atoms with Gasteiger partial charge in [0, 0.05) is 52.1 Å². The van der Waals surface area contributed by atoms with E-state index in [0.29, 0.717) is 0 Å². The normalized spacial score (nSPS) is 21.8. The molecular formula is C17H22N6O. The summed E-state index contributed by atoms with van der Waals surface area (Å²) in [5, 5.41) is 8.34. The van der Waals surface area contributed by atoms with Gasteiger partial charge in [-0.15, -0.1) is 5.10 Å². The van der Waals surface area contributed by atoms with Crippen LogP contribution in [0.25, 0.3) is 5.65 Å². The van der Waals surface area contributed by atoms with Crippen LogP contribution in [0.15, 0.2) is 30.7 Å². The van der Waals surface area contributed by atoms with Gasteiger partial charge in [-0.3, -0.25) is 9.58 Å². The highest BCUT2D eigenvalue weighted by atomic mass is 16.5.